The maximum atomic E-state index is 15.3. The fourth-order valence-corrected chi connectivity index (χ4v) is 4.47. The minimum Gasteiger partial charge on any atom is -0.474 e. The number of aromatic nitrogens is 3. The topological polar surface area (TPSA) is 132 Å². The lowest BCUT2D eigenvalue weighted by Crippen LogP contribution is -2.20. The fourth-order valence-electron chi connectivity index (χ4n) is 3.84. The van der Waals surface area contributed by atoms with Crippen LogP contribution in [0, 0.1) is 12.7 Å². The maximum absolute atomic E-state index is 15.3. The van der Waals surface area contributed by atoms with E-state index in [1.165, 1.54) is 18.3 Å². The molecule has 0 unspecified atom stereocenters. The van der Waals surface area contributed by atoms with Crippen molar-refractivity contribution < 1.29 is 17.5 Å². The molecule has 0 aliphatic carbocycles. The van der Waals surface area contributed by atoms with E-state index < -0.39 is 15.7 Å². The summed E-state index contributed by atoms with van der Waals surface area (Å²) < 4.78 is 44.2. The third-order valence-electron chi connectivity index (χ3n) is 5.64. The van der Waals surface area contributed by atoms with Crippen LogP contribution in [0.4, 0.5) is 27.4 Å². The number of halogens is 1. The van der Waals surface area contributed by atoms with Crippen molar-refractivity contribution in [2.45, 2.75) is 11.8 Å². The van der Waals surface area contributed by atoms with Crippen molar-refractivity contribution in [1.82, 2.24) is 15.0 Å². The fraction of sp³-hybridized carbons (Fsp3) is 0.174. The van der Waals surface area contributed by atoms with E-state index in [-0.39, 0.29) is 22.1 Å². The van der Waals surface area contributed by atoms with Crippen LogP contribution in [0.2, 0.25) is 0 Å². The highest BCUT2D eigenvalue weighted by atomic mass is 32.2. The maximum Gasteiger partial charge on any atom is 0.237 e. The van der Waals surface area contributed by atoms with Gasteiger partial charge in [-0.1, -0.05) is 0 Å². The van der Waals surface area contributed by atoms with Gasteiger partial charge in [0.25, 0.3) is 0 Å². The van der Waals surface area contributed by atoms with Crippen LogP contribution in [-0.4, -0.2) is 42.8 Å². The smallest absolute Gasteiger partial charge is 0.237 e. The molecule has 0 bridgehead atoms. The van der Waals surface area contributed by atoms with Gasteiger partial charge < -0.3 is 21.1 Å². The molecule has 0 saturated heterocycles. The molecule has 4 aromatic rings. The number of benzene rings is 2. The number of hydrogen-bond acceptors (Lipinski definition) is 9. The molecule has 0 amide bonds. The first-order valence-corrected chi connectivity index (χ1v) is 12.3. The van der Waals surface area contributed by atoms with Gasteiger partial charge in [0.15, 0.2) is 15.7 Å². The molecule has 34 heavy (non-hydrogen) atoms. The van der Waals surface area contributed by atoms with Crippen molar-refractivity contribution in [1.29, 1.82) is 0 Å². The lowest BCUT2D eigenvalue weighted by molar-refractivity contribution is 0.310. The average molecular weight is 481 g/mol. The lowest BCUT2D eigenvalue weighted by Gasteiger charge is -2.22. The summed E-state index contributed by atoms with van der Waals surface area (Å²) >= 11 is 0. The third kappa shape index (κ3) is 3.83. The first kappa shape index (κ1) is 21.8. The highest BCUT2D eigenvalue weighted by Gasteiger charge is 2.21. The zero-order valence-electron chi connectivity index (χ0n) is 18.4. The predicted octanol–water partition coefficient (Wildman–Crippen LogP) is 3.67. The van der Waals surface area contributed by atoms with Gasteiger partial charge in [-0.05, 0) is 42.8 Å². The van der Waals surface area contributed by atoms with Gasteiger partial charge in [0.1, 0.15) is 12.3 Å². The van der Waals surface area contributed by atoms with Crippen LogP contribution >= 0.6 is 0 Å². The second-order valence-corrected chi connectivity index (χ2v) is 9.97. The van der Waals surface area contributed by atoms with Crippen LogP contribution in [0.15, 0.2) is 47.6 Å². The molecule has 4 N–H and O–H groups in total. The van der Waals surface area contributed by atoms with Gasteiger partial charge in [-0.3, -0.25) is 0 Å². The molecule has 0 fully saturated rings. The molecule has 1 aliphatic heterocycles. The summed E-state index contributed by atoms with van der Waals surface area (Å²) in [6.07, 6.45) is 4.16. The summed E-state index contributed by atoms with van der Waals surface area (Å²) in [5.41, 5.74) is 9.46. The Bertz CT molecular complexity index is 1540. The van der Waals surface area contributed by atoms with Crippen molar-refractivity contribution in [3.63, 3.8) is 0 Å². The molecular weight excluding hydrogens is 459 g/mol. The SMILES string of the molecule is Cc1c(-c2cc3nc(Nc4ccc(S(C)(=O)=O)cc4)ncc3c(N)c2F)cnc2c1NCCO2. The molecule has 9 nitrogen and oxygen atoms in total. The summed E-state index contributed by atoms with van der Waals surface area (Å²) in [6, 6.07) is 7.83. The van der Waals surface area contributed by atoms with E-state index in [4.69, 9.17) is 10.5 Å². The Labute approximate surface area is 195 Å². The minimum atomic E-state index is -3.30. The Hall–Kier alpha value is -3.99. The van der Waals surface area contributed by atoms with E-state index in [1.54, 1.807) is 24.4 Å². The van der Waals surface area contributed by atoms with Gasteiger partial charge in [-0.15, -0.1) is 0 Å². The van der Waals surface area contributed by atoms with E-state index in [1.807, 2.05) is 6.92 Å². The van der Waals surface area contributed by atoms with Crippen LogP contribution in [-0.2, 0) is 9.84 Å². The summed E-state index contributed by atoms with van der Waals surface area (Å²) in [7, 11) is -3.30. The highest BCUT2D eigenvalue weighted by molar-refractivity contribution is 7.90. The second-order valence-electron chi connectivity index (χ2n) is 7.95. The molecule has 5 rings (SSSR count). The largest absolute Gasteiger partial charge is 0.474 e. The Morgan fingerprint density at radius 2 is 1.91 bits per heavy atom. The monoisotopic (exact) mass is 480 g/mol. The van der Waals surface area contributed by atoms with E-state index in [9.17, 15) is 8.42 Å². The van der Waals surface area contributed by atoms with Crippen molar-refractivity contribution in [3.05, 3.63) is 54.1 Å². The van der Waals surface area contributed by atoms with Crippen LogP contribution < -0.4 is 21.1 Å². The third-order valence-corrected chi connectivity index (χ3v) is 6.77. The minimum absolute atomic E-state index is 0.0575. The number of nitrogens with two attached hydrogens (primary N) is 1. The van der Waals surface area contributed by atoms with Crippen LogP contribution in [0.5, 0.6) is 5.88 Å². The predicted molar refractivity (Wildman–Crippen MR) is 129 cm³/mol. The van der Waals surface area contributed by atoms with E-state index >= 15 is 4.39 Å². The Morgan fingerprint density at radius 3 is 2.65 bits per heavy atom. The number of rotatable bonds is 4. The van der Waals surface area contributed by atoms with Crippen LogP contribution in [0.25, 0.3) is 22.0 Å². The van der Waals surface area contributed by atoms with Gasteiger partial charge in [-0.2, -0.15) is 0 Å². The summed E-state index contributed by atoms with van der Waals surface area (Å²) in [5, 5.41) is 6.66. The van der Waals surface area contributed by atoms with Gasteiger partial charge >= 0.3 is 0 Å². The molecule has 11 heteroatoms. The summed E-state index contributed by atoms with van der Waals surface area (Å²) in [5.74, 6) is 0.166. The first-order chi connectivity index (χ1) is 16.2. The van der Waals surface area contributed by atoms with Crippen LogP contribution in [0.1, 0.15) is 5.56 Å². The van der Waals surface area contributed by atoms with Gasteiger partial charge in [0.2, 0.25) is 11.8 Å². The lowest BCUT2D eigenvalue weighted by atomic mass is 9.98. The molecule has 0 atom stereocenters. The Balaban J connectivity index is 1.55. The van der Waals surface area contributed by atoms with Crippen LogP contribution in [0.3, 0.4) is 0 Å². The standard InChI is InChI=1S/C23H21FN6O3S/c1-12-16(10-27-22-21(12)26-7-8-33-22)15-9-18-17(20(25)19(15)24)11-28-23(30-18)29-13-3-5-14(6-4-13)34(2,31)32/h3-6,9-11,26H,7-8,25H2,1-2H3,(H,28,29,30). The highest BCUT2D eigenvalue weighted by Crippen LogP contribution is 2.39. The number of nitrogens with one attached hydrogen (secondary N) is 2. The molecule has 2 aromatic carbocycles. The van der Waals surface area contributed by atoms with Gasteiger partial charge in [-0.25, -0.2) is 27.8 Å². The quantitative estimate of drug-likeness (QED) is 0.374. The number of pyridine rings is 1. The number of ether oxygens (including phenoxy) is 1. The Morgan fingerprint density at radius 1 is 1.15 bits per heavy atom. The normalized spacial score (nSPS) is 13.1. The number of nitrogens with zero attached hydrogens (tertiary/aromatic N) is 3. The second kappa shape index (κ2) is 8.10. The van der Waals surface area contributed by atoms with Crippen molar-refractivity contribution in [3.8, 4) is 17.0 Å². The van der Waals surface area contributed by atoms with E-state index in [0.717, 1.165) is 17.5 Å². The van der Waals surface area contributed by atoms with E-state index in [0.29, 0.717) is 41.2 Å². The molecule has 174 valence electrons. The average Bonchev–Trinajstić information content (AvgIpc) is 2.82. The number of sulfone groups is 1. The zero-order chi connectivity index (χ0) is 24.0. The number of nitrogen functional groups attached to an aromatic ring is 1. The van der Waals surface area contributed by atoms with E-state index in [2.05, 4.69) is 25.6 Å². The van der Waals surface area contributed by atoms with Gasteiger partial charge in [0.05, 0.1) is 16.1 Å². The molecule has 1 aliphatic rings. The summed E-state index contributed by atoms with van der Waals surface area (Å²) in [6.45, 7) is 3.01. The van der Waals surface area contributed by atoms with Crippen molar-refractivity contribution in [2.75, 3.05) is 35.8 Å². The zero-order valence-corrected chi connectivity index (χ0v) is 19.2. The molecule has 0 saturated carbocycles. The molecule has 2 aromatic heterocycles. The van der Waals surface area contributed by atoms with Gasteiger partial charge in [0, 0.05) is 47.4 Å². The first-order valence-electron chi connectivity index (χ1n) is 10.4. The number of hydrogen-bond donors (Lipinski definition) is 3. The number of anilines is 4. The van der Waals surface area contributed by atoms with Crippen molar-refractivity contribution >= 4 is 43.8 Å². The Kier molecular flexibility index (Phi) is 5.20. The molecule has 0 spiro atoms. The van der Waals surface area contributed by atoms with Crippen molar-refractivity contribution in [2.24, 2.45) is 0 Å². The molecular formula is C23H21FN6O3S. The molecule has 3 heterocycles. The molecule has 0 radical (unpaired) electrons. The summed E-state index contributed by atoms with van der Waals surface area (Å²) in [4.78, 5) is 13.3. The number of fused-ring (bicyclic) bond motifs is 2.